The summed E-state index contributed by atoms with van der Waals surface area (Å²) in [5, 5.41) is 19.1. The van der Waals surface area contributed by atoms with Gasteiger partial charge in [-0.2, -0.15) is 10.5 Å². The summed E-state index contributed by atoms with van der Waals surface area (Å²) in [6, 6.07) is 17.8. The van der Waals surface area contributed by atoms with Gasteiger partial charge in [0, 0.05) is 5.33 Å². The maximum atomic E-state index is 9.30. The van der Waals surface area contributed by atoms with Crippen molar-refractivity contribution < 1.29 is 0 Å². The van der Waals surface area contributed by atoms with Crippen LogP contribution in [0.25, 0.3) is 12.2 Å². The average molecular weight is 323 g/mol. The molecule has 2 rings (SSSR count). The molecule has 0 fully saturated rings. The fraction of sp³-hybridized carbons (Fsp3) is 0.0588. The zero-order valence-electron chi connectivity index (χ0n) is 10.7. The minimum absolute atomic E-state index is 0.427. The summed E-state index contributed by atoms with van der Waals surface area (Å²) >= 11 is 3.33. The van der Waals surface area contributed by atoms with Crippen LogP contribution in [0.2, 0.25) is 0 Å². The molecule has 2 nitrogen and oxygen atoms in total. The second kappa shape index (κ2) is 6.70. The first-order valence-corrected chi connectivity index (χ1v) is 7.17. The summed E-state index contributed by atoms with van der Waals surface area (Å²) in [5.74, 6) is 0. The Morgan fingerprint density at radius 3 is 2.20 bits per heavy atom. The van der Waals surface area contributed by atoms with Crippen molar-refractivity contribution >= 4 is 28.1 Å². The number of hydrogen-bond donors (Lipinski definition) is 0. The fourth-order valence-electron chi connectivity index (χ4n) is 1.91. The molecule has 0 aliphatic carbocycles. The van der Waals surface area contributed by atoms with Crippen molar-refractivity contribution in [2.75, 3.05) is 0 Å². The van der Waals surface area contributed by atoms with Crippen molar-refractivity contribution in [2.24, 2.45) is 0 Å². The van der Waals surface area contributed by atoms with Crippen LogP contribution in [0.5, 0.6) is 0 Å². The van der Waals surface area contributed by atoms with E-state index in [4.69, 9.17) is 0 Å². The predicted octanol–water partition coefficient (Wildman–Crippen LogP) is 4.50. The van der Waals surface area contributed by atoms with E-state index in [0.29, 0.717) is 16.5 Å². The molecule has 20 heavy (non-hydrogen) atoms. The van der Waals surface area contributed by atoms with E-state index in [-0.39, 0.29) is 0 Å². The zero-order chi connectivity index (χ0) is 14.4. The Morgan fingerprint density at radius 2 is 1.60 bits per heavy atom. The maximum Gasteiger partial charge on any atom is 0.101 e. The van der Waals surface area contributed by atoms with E-state index in [0.717, 1.165) is 16.7 Å². The van der Waals surface area contributed by atoms with Gasteiger partial charge in [-0.1, -0.05) is 70.5 Å². The molecule has 0 heterocycles. The Bertz CT molecular complexity index is 719. The Balaban J connectivity index is 2.46. The zero-order valence-corrected chi connectivity index (χ0v) is 12.3. The molecular weight excluding hydrogens is 312 g/mol. The minimum Gasteiger partial charge on any atom is -0.192 e. The Hall–Kier alpha value is -2.36. The molecule has 0 atom stereocenters. The highest BCUT2D eigenvalue weighted by molar-refractivity contribution is 9.08. The van der Waals surface area contributed by atoms with Gasteiger partial charge in [0.15, 0.2) is 0 Å². The second-order valence-electron chi connectivity index (χ2n) is 4.17. The lowest BCUT2D eigenvalue weighted by atomic mass is 9.97. The van der Waals surface area contributed by atoms with E-state index in [2.05, 4.69) is 28.1 Å². The minimum atomic E-state index is 0.427. The highest BCUT2D eigenvalue weighted by atomic mass is 79.9. The highest BCUT2D eigenvalue weighted by Gasteiger charge is 2.10. The number of hydrogen-bond acceptors (Lipinski definition) is 2. The lowest BCUT2D eigenvalue weighted by Gasteiger charge is -2.05. The third-order valence-corrected chi connectivity index (χ3v) is 3.55. The summed E-state index contributed by atoms with van der Waals surface area (Å²) < 4.78 is 0. The molecule has 0 saturated heterocycles. The average Bonchev–Trinajstić information content (AvgIpc) is 2.52. The number of benzene rings is 2. The first-order valence-electron chi connectivity index (χ1n) is 6.05. The molecule has 0 aromatic heterocycles. The summed E-state index contributed by atoms with van der Waals surface area (Å²) in [7, 11) is 0. The van der Waals surface area contributed by atoms with E-state index in [1.54, 1.807) is 0 Å². The van der Waals surface area contributed by atoms with E-state index in [1.807, 2.05) is 54.6 Å². The van der Waals surface area contributed by atoms with Crippen LogP contribution in [-0.2, 0) is 5.33 Å². The van der Waals surface area contributed by atoms with Gasteiger partial charge in [-0.05, 0) is 16.7 Å². The van der Waals surface area contributed by atoms with Crippen LogP contribution in [0.1, 0.15) is 27.8 Å². The first kappa shape index (κ1) is 14.1. The van der Waals surface area contributed by atoms with Gasteiger partial charge in [0.2, 0.25) is 0 Å². The van der Waals surface area contributed by atoms with Crippen LogP contribution in [0.3, 0.4) is 0 Å². The highest BCUT2D eigenvalue weighted by Crippen LogP contribution is 2.22. The monoisotopic (exact) mass is 322 g/mol. The SMILES string of the molecule is N#Cc1c(/C=C/c2ccccc2)ccc(CBr)c1C#N. The van der Waals surface area contributed by atoms with Crippen LogP contribution in [0.4, 0.5) is 0 Å². The number of alkyl halides is 1. The van der Waals surface area contributed by atoms with E-state index >= 15 is 0 Å². The normalized spacial score (nSPS) is 10.2. The largest absolute Gasteiger partial charge is 0.192 e. The Morgan fingerprint density at radius 1 is 0.900 bits per heavy atom. The third-order valence-electron chi connectivity index (χ3n) is 2.95. The molecule has 0 aliphatic heterocycles. The molecule has 0 saturated carbocycles. The van der Waals surface area contributed by atoms with Crippen molar-refractivity contribution in [1.29, 1.82) is 10.5 Å². The molecule has 0 N–H and O–H groups in total. The van der Waals surface area contributed by atoms with Gasteiger partial charge >= 0.3 is 0 Å². The smallest absolute Gasteiger partial charge is 0.101 e. The van der Waals surface area contributed by atoms with E-state index in [1.165, 1.54) is 0 Å². The summed E-state index contributed by atoms with van der Waals surface area (Å²) in [5.41, 5.74) is 3.52. The summed E-state index contributed by atoms with van der Waals surface area (Å²) in [6.45, 7) is 0. The third kappa shape index (κ3) is 2.96. The van der Waals surface area contributed by atoms with Gasteiger partial charge < -0.3 is 0 Å². The molecule has 2 aromatic carbocycles. The molecule has 0 radical (unpaired) electrons. The van der Waals surface area contributed by atoms with Crippen LogP contribution < -0.4 is 0 Å². The number of nitrogens with zero attached hydrogens (tertiary/aromatic N) is 2. The van der Waals surface area contributed by atoms with Gasteiger partial charge in [0.25, 0.3) is 0 Å². The first-order chi connectivity index (χ1) is 9.80. The van der Waals surface area contributed by atoms with Gasteiger partial charge in [-0.25, -0.2) is 0 Å². The van der Waals surface area contributed by atoms with E-state index < -0.39 is 0 Å². The van der Waals surface area contributed by atoms with Crippen molar-refractivity contribution in [3.63, 3.8) is 0 Å². The molecule has 0 aliphatic rings. The molecule has 2 aromatic rings. The van der Waals surface area contributed by atoms with Crippen LogP contribution >= 0.6 is 15.9 Å². The number of nitriles is 2. The van der Waals surface area contributed by atoms with Crippen molar-refractivity contribution in [3.05, 3.63) is 70.3 Å². The fourth-order valence-corrected chi connectivity index (χ4v) is 2.38. The van der Waals surface area contributed by atoms with Gasteiger partial charge in [-0.3, -0.25) is 0 Å². The molecule has 96 valence electrons. The number of halogens is 1. The van der Waals surface area contributed by atoms with E-state index in [9.17, 15) is 10.5 Å². The standard InChI is InChI=1S/C17H11BrN2/c18-10-15-9-8-14(16(11-19)17(15)12-20)7-6-13-4-2-1-3-5-13/h1-9H,10H2/b7-6+. The Labute approximate surface area is 126 Å². The predicted molar refractivity (Wildman–Crippen MR) is 83.9 cm³/mol. The Kier molecular flexibility index (Phi) is 4.71. The summed E-state index contributed by atoms with van der Waals surface area (Å²) in [6.07, 6.45) is 3.80. The van der Waals surface area contributed by atoms with Crippen molar-refractivity contribution in [3.8, 4) is 12.1 Å². The molecule has 0 unspecified atom stereocenters. The van der Waals surface area contributed by atoms with Crippen molar-refractivity contribution in [2.45, 2.75) is 5.33 Å². The summed E-state index contributed by atoms with van der Waals surface area (Å²) in [4.78, 5) is 0. The molecule has 0 amide bonds. The quantitative estimate of drug-likeness (QED) is 0.617. The molecular formula is C17H11BrN2. The molecule has 0 spiro atoms. The lowest BCUT2D eigenvalue weighted by molar-refractivity contribution is 1.33. The van der Waals surface area contributed by atoms with Gasteiger partial charge in [0.1, 0.15) is 12.1 Å². The van der Waals surface area contributed by atoms with Gasteiger partial charge in [-0.15, -0.1) is 0 Å². The van der Waals surface area contributed by atoms with Crippen molar-refractivity contribution in [1.82, 2.24) is 0 Å². The van der Waals surface area contributed by atoms with Crippen LogP contribution in [-0.4, -0.2) is 0 Å². The molecule has 3 heteroatoms. The molecule has 0 bridgehead atoms. The topological polar surface area (TPSA) is 47.6 Å². The van der Waals surface area contributed by atoms with Gasteiger partial charge in [0.05, 0.1) is 11.1 Å². The van der Waals surface area contributed by atoms with Crippen LogP contribution in [0, 0.1) is 22.7 Å². The lowest BCUT2D eigenvalue weighted by Crippen LogP contribution is -1.94. The maximum absolute atomic E-state index is 9.30. The number of rotatable bonds is 3. The second-order valence-corrected chi connectivity index (χ2v) is 4.73. The van der Waals surface area contributed by atoms with Crippen LogP contribution in [0.15, 0.2) is 42.5 Å².